The smallest absolute Gasteiger partial charge is 0.275 e. The maximum Gasteiger partial charge on any atom is 0.275 e. The SMILES string of the molecule is CC(=O)NC(=S)N1CCC(c2nc(C(=O)Nc3ccccc3-c3ccc(Cl)cc3)cs2)CC1. The Hall–Kier alpha value is -2.81. The van der Waals surface area contributed by atoms with Crippen LogP contribution >= 0.6 is 35.2 Å². The van der Waals surface area contributed by atoms with Gasteiger partial charge in [0.2, 0.25) is 5.91 Å². The van der Waals surface area contributed by atoms with Crippen molar-refractivity contribution in [2.75, 3.05) is 18.4 Å². The molecule has 170 valence electrons. The van der Waals surface area contributed by atoms with E-state index < -0.39 is 0 Å². The number of aromatic nitrogens is 1. The largest absolute Gasteiger partial charge is 0.349 e. The van der Waals surface area contributed by atoms with Crippen LogP contribution in [-0.4, -0.2) is 39.9 Å². The lowest BCUT2D eigenvalue weighted by Gasteiger charge is -2.32. The van der Waals surface area contributed by atoms with Crippen LogP contribution in [0, 0.1) is 0 Å². The standard InChI is InChI=1S/C24H23ClN4O2S2/c1-15(30)26-24(32)29-12-10-17(11-13-29)23-28-21(14-33-23)22(31)27-20-5-3-2-4-19(20)16-6-8-18(25)9-7-16/h2-9,14,17H,10-13H2,1H3,(H,27,31)(H,26,30,32). The molecule has 0 bridgehead atoms. The highest BCUT2D eigenvalue weighted by Crippen LogP contribution is 2.32. The van der Waals surface area contributed by atoms with Crippen molar-refractivity contribution in [3.05, 3.63) is 69.6 Å². The van der Waals surface area contributed by atoms with Crippen molar-refractivity contribution in [3.63, 3.8) is 0 Å². The van der Waals surface area contributed by atoms with Gasteiger partial charge in [0.05, 0.1) is 5.01 Å². The summed E-state index contributed by atoms with van der Waals surface area (Å²) in [4.78, 5) is 30.8. The van der Waals surface area contributed by atoms with Crippen molar-refractivity contribution >= 4 is 57.8 Å². The number of amides is 2. The van der Waals surface area contributed by atoms with Gasteiger partial charge in [-0.25, -0.2) is 4.98 Å². The first-order valence-corrected chi connectivity index (χ1v) is 12.3. The molecule has 3 aromatic rings. The molecule has 0 atom stereocenters. The summed E-state index contributed by atoms with van der Waals surface area (Å²) in [5.74, 6) is -0.118. The lowest BCUT2D eigenvalue weighted by Crippen LogP contribution is -2.45. The van der Waals surface area contributed by atoms with E-state index in [9.17, 15) is 9.59 Å². The number of nitrogens with one attached hydrogen (secondary N) is 2. The number of halogens is 1. The highest BCUT2D eigenvalue weighted by atomic mass is 35.5. The number of rotatable bonds is 4. The molecule has 2 aromatic carbocycles. The number of carbonyl (C=O) groups excluding carboxylic acids is 2. The number of hydrogen-bond donors (Lipinski definition) is 2. The van der Waals surface area contributed by atoms with E-state index in [-0.39, 0.29) is 17.7 Å². The summed E-state index contributed by atoms with van der Waals surface area (Å²) in [6.45, 7) is 2.95. The molecule has 0 unspecified atom stereocenters. The molecule has 6 nitrogen and oxygen atoms in total. The van der Waals surface area contributed by atoms with Crippen molar-refractivity contribution in [2.24, 2.45) is 0 Å². The number of piperidine rings is 1. The predicted octanol–water partition coefficient (Wildman–Crippen LogP) is 5.32. The third-order valence-corrected chi connectivity index (χ3v) is 7.12. The zero-order valence-corrected chi connectivity index (χ0v) is 20.4. The fourth-order valence-electron chi connectivity index (χ4n) is 3.80. The van der Waals surface area contributed by atoms with Crippen LogP contribution in [0.5, 0.6) is 0 Å². The number of likely N-dealkylation sites (tertiary alicyclic amines) is 1. The summed E-state index contributed by atoms with van der Waals surface area (Å²) in [6, 6.07) is 15.2. The Morgan fingerprint density at radius 3 is 2.52 bits per heavy atom. The molecule has 1 fully saturated rings. The molecule has 9 heteroatoms. The van der Waals surface area contributed by atoms with Gasteiger partial charge >= 0.3 is 0 Å². The maximum absolute atomic E-state index is 12.9. The summed E-state index contributed by atoms with van der Waals surface area (Å²) in [7, 11) is 0. The van der Waals surface area contributed by atoms with Crippen molar-refractivity contribution in [1.82, 2.24) is 15.2 Å². The molecule has 0 spiro atoms. The van der Waals surface area contributed by atoms with E-state index >= 15 is 0 Å². The minimum Gasteiger partial charge on any atom is -0.349 e. The van der Waals surface area contributed by atoms with Gasteiger partial charge < -0.3 is 15.5 Å². The van der Waals surface area contributed by atoms with E-state index in [0.29, 0.717) is 15.8 Å². The molecule has 1 aromatic heterocycles. The Balaban J connectivity index is 1.41. The van der Waals surface area contributed by atoms with E-state index in [1.54, 1.807) is 0 Å². The Bertz CT molecular complexity index is 1170. The predicted molar refractivity (Wildman–Crippen MR) is 137 cm³/mol. The molecule has 0 radical (unpaired) electrons. The number of thiazole rings is 1. The second-order valence-electron chi connectivity index (χ2n) is 7.83. The van der Waals surface area contributed by atoms with Crippen LogP contribution in [0.15, 0.2) is 53.9 Å². The maximum atomic E-state index is 12.9. The third kappa shape index (κ3) is 5.76. The van der Waals surface area contributed by atoms with Gasteiger partial charge in [-0.3, -0.25) is 9.59 Å². The summed E-state index contributed by atoms with van der Waals surface area (Å²) in [5, 5.41) is 9.58. The third-order valence-electron chi connectivity index (χ3n) is 5.50. The first-order chi connectivity index (χ1) is 15.9. The highest BCUT2D eigenvalue weighted by molar-refractivity contribution is 7.80. The first kappa shape index (κ1) is 23.4. The Morgan fingerprint density at radius 2 is 1.82 bits per heavy atom. The Labute approximate surface area is 207 Å². The molecule has 1 aliphatic rings. The average molecular weight is 499 g/mol. The van der Waals surface area contributed by atoms with Crippen molar-refractivity contribution in [1.29, 1.82) is 0 Å². The number of benzene rings is 2. The number of nitrogens with zero attached hydrogens (tertiary/aromatic N) is 2. The van der Waals surface area contributed by atoms with Crippen LogP contribution < -0.4 is 10.6 Å². The molecule has 2 N–H and O–H groups in total. The highest BCUT2D eigenvalue weighted by Gasteiger charge is 2.25. The van der Waals surface area contributed by atoms with Gasteiger partial charge in [0.1, 0.15) is 5.69 Å². The molecule has 0 saturated carbocycles. The van der Waals surface area contributed by atoms with Crippen molar-refractivity contribution in [3.8, 4) is 11.1 Å². The fourth-order valence-corrected chi connectivity index (χ4v) is 5.22. The van der Waals surface area contributed by atoms with Crippen molar-refractivity contribution < 1.29 is 9.59 Å². The molecular weight excluding hydrogens is 476 g/mol. The minimum absolute atomic E-state index is 0.157. The van der Waals surface area contributed by atoms with Gasteiger partial charge in [-0.15, -0.1) is 11.3 Å². The zero-order valence-electron chi connectivity index (χ0n) is 18.0. The van der Waals surface area contributed by atoms with Crippen LogP contribution in [0.25, 0.3) is 11.1 Å². The van der Waals surface area contributed by atoms with Crippen LogP contribution in [0.2, 0.25) is 5.02 Å². The normalized spacial score (nSPS) is 14.1. The average Bonchev–Trinajstić information content (AvgIpc) is 3.30. The molecule has 1 aliphatic heterocycles. The molecule has 0 aliphatic carbocycles. The minimum atomic E-state index is -0.233. The molecule has 2 heterocycles. The van der Waals surface area contributed by atoms with Gasteiger partial charge in [0.25, 0.3) is 5.91 Å². The van der Waals surface area contributed by atoms with E-state index in [2.05, 4.69) is 15.6 Å². The second-order valence-corrected chi connectivity index (χ2v) is 9.54. The molecule has 2 amide bonds. The van der Waals surface area contributed by atoms with Gasteiger partial charge in [0, 0.05) is 47.6 Å². The Kier molecular flexibility index (Phi) is 7.37. The van der Waals surface area contributed by atoms with E-state index in [0.717, 1.165) is 47.8 Å². The van der Waals surface area contributed by atoms with Gasteiger partial charge in [-0.1, -0.05) is 41.9 Å². The molecule has 4 rings (SSSR count). The number of para-hydroxylation sites is 1. The number of thiocarbonyl (C=S) groups is 1. The summed E-state index contributed by atoms with van der Waals surface area (Å²) >= 11 is 12.8. The van der Waals surface area contributed by atoms with Gasteiger partial charge in [-0.05, 0) is 48.8 Å². The van der Waals surface area contributed by atoms with Crippen molar-refractivity contribution in [2.45, 2.75) is 25.7 Å². The molecule has 1 saturated heterocycles. The number of anilines is 1. The molecular formula is C24H23ClN4O2S2. The van der Waals surface area contributed by atoms with Gasteiger partial charge in [0.15, 0.2) is 5.11 Å². The summed E-state index contributed by atoms with van der Waals surface area (Å²) < 4.78 is 0. The number of hydrogen-bond acceptors (Lipinski definition) is 5. The van der Waals surface area contributed by atoms with E-state index in [1.165, 1.54) is 18.3 Å². The fraction of sp³-hybridized carbons (Fsp3) is 0.250. The number of carbonyl (C=O) groups is 2. The van der Waals surface area contributed by atoms with Crippen LogP contribution in [0.1, 0.15) is 41.2 Å². The quantitative estimate of drug-likeness (QED) is 0.476. The zero-order chi connectivity index (χ0) is 23.4. The Morgan fingerprint density at radius 1 is 1.12 bits per heavy atom. The van der Waals surface area contributed by atoms with Crippen LogP contribution in [0.3, 0.4) is 0 Å². The molecule has 33 heavy (non-hydrogen) atoms. The topological polar surface area (TPSA) is 74.3 Å². The second kappa shape index (κ2) is 10.4. The first-order valence-electron chi connectivity index (χ1n) is 10.6. The van der Waals surface area contributed by atoms with Gasteiger partial charge in [-0.2, -0.15) is 0 Å². The van der Waals surface area contributed by atoms with E-state index in [4.69, 9.17) is 23.8 Å². The summed E-state index contributed by atoms with van der Waals surface area (Å²) in [6.07, 6.45) is 1.74. The van der Waals surface area contributed by atoms with E-state index in [1.807, 2.05) is 58.8 Å². The van der Waals surface area contributed by atoms with Crippen LogP contribution in [-0.2, 0) is 4.79 Å². The summed E-state index contributed by atoms with van der Waals surface area (Å²) in [5.41, 5.74) is 3.02. The lowest BCUT2D eigenvalue weighted by molar-refractivity contribution is -0.117. The monoisotopic (exact) mass is 498 g/mol. The lowest BCUT2D eigenvalue weighted by atomic mass is 9.98. The van der Waals surface area contributed by atoms with Crippen LogP contribution in [0.4, 0.5) is 5.69 Å².